The highest BCUT2D eigenvalue weighted by molar-refractivity contribution is 5.39. The molecule has 1 fully saturated rings. The van der Waals surface area contributed by atoms with E-state index in [-0.39, 0.29) is 0 Å². The Hall–Kier alpha value is -1.36. The molecule has 1 aliphatic carbocycles. The number of nitrogens with zero attached hydrogens (tertiary/aromatic N) is 3. The van der Waals surface area contributed by atoms with Gasteiger partial charge in [0.05, 0.1) is 19.0 Å². The van der Waals surface area contributed by atoms with Crippen LogP contribution in [0.2, 0.25) is 0 Å². The van der Waals surface area contributed by atoms with Crippen LogP contribution < -0.4 is 15.4 Å². The SMILES string of the molecule is CCCOc1cncc(N(CC)C2CCCCC2CN)n1. The van der Waals surface area contributed by atoms with Gasteiger partial charge in [-0.15, -0.1) is 0 Å². The summed E-state index contributed by atoms with van der Waals surface area (Å²) in [7, 11) is 0. The van der Waals surface area contributed by atoms with Crippen LogP contribution in [-0.2, 0) is 0 Å². The summed E-state index contributed by atoms with van der Waals surface area (Å²) in [6.45, 7) is 6.61. The van der Waals surface area contributed by atoms with Gasteiger partial charge in [-0.2, -0.15) is 4.98 Å². The Bertz CT molecular complexity index is 426. The highest BCUT2D eigenvalue weighted by Gasteiger charge is 2.29. The van der Waals surface area contributed by atoms with Crippen LogP contribution in [0.4, 0.5) is 5.82 Å². The molecule has 2 unspecified atom stereocenters. The lowest BCUT2D eigenvalue weighted by Gasteiger charge is -2.39. The van der Waals surface area contributed by atoms with Crippen molar-refractivity contribution in [3.63, 3.8) is 0 Å². The van der Waals surface area contributed by atoms with E-state index < -0.39 is 0 Å². The van der Waals surface area contributed by atoms with Crippen molar-refractivity contribution in [3.05, 3.63) is 12.4 Å². The molecule has 0 amide bonds. The smallest absolute Gasteiger partial charge is 0.234 e. The summed E-state index contributed by atoms with van der Waals surface area (Å²) in [5, 5.41) is 0. The first-order valence-electron chi connectivity index (χ1n) is 8.21. The highest BCUT2D eigenvalue weighted by atomic mass is 16.5. The van der Waals surface area contributed by atoms with E-state index in [9.17, 15) is 0 Å². The largest absolute Gasteiger partial charge is 0.477 e. The van der Waals surface area contributed by atoms with E-state index in [4.69, 9.17) is 10.5 Å². The maximum absolute atomic E-state index is 5.97. The van der Waals surface area contributed by atoms with Crippen molar-refractivity contribution in [2.24, 2.45) is 11.7 Å². The normalized spacial score (nSPS) is 22.0. The molecule has 5 nitrogen and oxygen atoms in total. The Kier molecular flexibility index (Phi) is 6.23. The minimum absolute atomic E-state index is 0.476. The van der Waals surface area contributed by atoms with Gasteiger partial charge in [0.15, 0.2) is 5.82 Å². The first kappa shape index (κ1) is 16.0. The number of aromatic nitrogens is 2. The molecule has 2 rings (SSSR count). The monoisotopic (exact) mass is 292 g/mol. The van der Waals surface area contributed by atoms with E-state index in [1.807, 2.05) is 6.20 Å². The second kappa shape index (κ2) is 8.17. The molecule has 0 radical (unpaired) electrons. The van der Waals surface area contributed by atoms with Crippen molar-refractivity contribution in [2.75, 3.05) is 24.6 Å². The van der Waals surface area contributed by atoms with Crippen molar-refractivity contribution in [1.29, 1.82) is 0 Å². The van der Waals surface area contributed by atoms with E-state index >= 15 is 0 Å². The molecule has 0 saturated heterocycles. The molecule has 5 heteroatoms. The van der Waals surface area contributed by atoms with Crippen LogP contribution in [0.3, 0.4) is 0 Å². The van der Waals surface area contributed by atoms with Crippen molar-refractivity contribution in [3.8, 4) is 5.88 Å². The molecule has 1 aromatic heterocycles. The summed E-state index contributed by atoms with van der Waals surface area (Å²) in [4.78, 5) is 11.3. The summed E-state index contributed by atoms with van der Waals surface area (Å²) in [5.41, 5.74) is 5.97. The molecule has 1 heterocycles. The zero-order valence-electron chi connectivity index (χ0n) is 13.3. The van der Waals surface area contributed by atoms with Gasteiger partial charge in [-0.05, 0) is 38.6 Å². The first-order valence-corrected chi connectivity index (χ1v) is 8.21. The van der Waals surface area contributed by atoms with E-state index in [1.54, 1.807) is 6.20 Å². The lowest BCUT2D eigenvalue weighted by Crippen LogP contribution is -2.45. The van der Waals surface area contributed by atoms with Crippen LogP contribution >= 0.6 is 0 Å². The predicted octanol–water partition coefficient (Wildman–Crippen LogP) is 2.61. The fraction of sp³-hybridized carbons (Fsp3) is 0.750. The average molecular weight is 292 g/mol. The molecule has 21 heavy (non-hydrogen) atoms. The average Bonchev–Trinajstić information content (AvgIpc) is 2.54. The number of hydrogen-bond donors (Lipinski definition) is 1. The topological polar surface area (TPSA) is 64.3 Å². The Morgan fingerprint density at radius 3 is 2.81 bits per heavy atom. The van der Waals surface area contributed by atoms with Gasteiger partial charge in [0.25, 0.3) is 0 Å². The van der Waals surface area contributed by atoms with E-state index in [2.05, 4.69) is 28.7 Å². The summed E-state index contributed by atoms with van der Waals surface area (Å²) in [5.74, 6) is 2.09. The highest BCUT2D eigenvalue weighted by Crippen LogP contribution is 2.30. The lowest BCUT2D eigenvalue weighted by atomic mass is 9.83. The third-order valence-corrected chi connectivity index (χ3v) is 4.26. The molecule has 1 saturated carbocycles. The molecular formula is C16H28N4O. The van der Waals surface area contributed by atoms with Gasteiger partial charge >= 0.3 is 0 Å². The molecule has 1 aromatic rings. The third kappa shape index (κ3) is 4.06. The van der Waals surface area contributed by atoms with Gasteiger partial charge < -0.3 is 15.4 Å². The van der Waals surface area contributed by atoms with E-state index in [1.165, 1.54) is 25.7 Å². The number of rotatable bonds is 7. The van der Waals surface area contributed by atoms with Crippen LogP contribution in [0.1, 0.15) is 46.0 Å². The standard InChI is InChI=1S/C16H28N4O/c1-3-9-21-16-12-18-11-15(19-16)20(4-2)14-8-6-5-7-13(14)10-17/h11-14H,3-10,17H2,1-2H3. The molecular weight excluding hydrogens is 264 g/mol. The van der Waals surface area contributed by atoms with Crippen molar-refractivity contribution >= 4 is 5.82 Å². The summed E-state index contributed by atoms with van der Waals surface area (Å²) in [6, 6.07) is 0.476. The van der Waals surface area contributed by atoms with Gasteiger partial charge in [-0.3, -0.25) is 4.98 Å². The number of anilines is 1. The van der Waals surface area contributed by atoms with Crippen LogP contribution in [0.25, 0.3) is 0 Å². The summed E-state index contributed by atoms with van der Waals surface area (Å²) < 4.78 is 5.61. The summed E-state index contributed by atoms with van der Waals surface area (Å²) >= 11 is 0. The van der Waals surface area contributed by atoms with Gasteiger partial charge in [-0.1, -0.05) is 19.8 Å². The zero-order chi connectivity index (χ0) is 15.1. The van der Waals surface area contributed by atoms with Crippen LogP contribution in [0, 0.1) is 5.92 Å². The zero-order valence-corrected chi connectivity index (χ0v) is 13.3. The minimum Gasteiger partial charge on any atom is -0.477 e. The summed E-state index contributed by atoms with van der Waals surface area (Å²) in [6.07, 6.45) is 9.48. The van der Waals surface area contributed by atoms with Gasteiger partial charge in [-0.25, -0.2) is 0 Å². The minimum atomic E-state index is 0.476. The molecule has 2 atom stereocenters. The van der Waals surface area contributed by atoms with Gasteiger partial charge in [0.1, 0.15) is 0 Å². The molecule has 0 bridgehead atoms. The Labute approximate surface area is 127 Å². The van der Waals surface area contributed by atoms with Crippen LogP contribution in [0.5, 0.6) is 5.88 Å². The molecule has 1 aliphatic rings. The van der Waals surface area contributed by atoms with Crippen molar-refractivity contribution in [2.45, 2.75) is 52.0 Å². The third-order valence-electron chi connectivity index (χ3n) is 4.26. The molecule has 2 N–H and O–H groups in total. The second-order valence-electron chi connectivity index (χ2n) is 5.70. The first-order chi connectivity index (χ1) is 10.3. The lowest BCUT2D eigenvalue weighted by molar-refractivity contribution is 0.293. The van der Waals surface area contributed by atoms with Crippen molar-refractivity contribution in [1.82, 2.24) is 9.97 Å². The quantitative estimate of drug-likeness (QED) is 0.837. The molecule has 0 aromatic carbocycles. The van der Waals surface area contributed by atoms with Gasteiger partial charge in [0, 0.05) is 12.6 Å². The Morgan fingerprint density at radius 1 is 1.29 bits per heavy atom. The van der Waals surface area contributed by atoms with E-state index in [0.717, 1.165) is 25.3 Å². The van der Waals surface area contributed by atoms with E-state index in [0.29, 0.717) is 24.4 Å². The van der Waals surface area contributed by atoms with Crippen LogP contribution in [0.15, 0.2) is 12.4 Å². The van der Waals surface area contributed by atoms with Crippen LogP contribution in [-0.4, -0.2) is 35.7 Å². The molecule has 0 aliphatic heterocycles. The maximum atomic E-state index is 5.97. The van der Waals surface area contributed by atoms with Gasteiger partial charge in [0.2, 0.25) is 5.88 Å². The van der Waals surface area contributed by atoms with Crippen molar-refractivity contribution < 1.29 is 4.74 Å². The number of nitrogens with two attached hydrogens (primary N) is 1. The molecule has 0 spiro atoms. The second-order valence-corrected chi connectivity index (χ2v) is 5.70. The number of ether oxygens (including phenoxy) is 1. The Morgan fingerprint density at radius 2 is 2.10 bits per heavy atom. The fourth-order valence-electron chi connectivity index (χ4n) is 3.19. The number of hydrogen-bond acceptors (Lipinski definition) is 5. The fourth-order valence-corrected chi connectivity index (χ4v) is 3.19. The predicted molar refractivity (Wildman–Crippen MR) is 85.6 cm³/mol. The Balaban J connectivity index is 2.15. The maximum Gasteiger partial charge on any atom is 0.234 e. The molecule has 118 valence electrons.